The van der Waals surface area contributed by atoms with Gasteiger partial charge in [0.2, 0.25) is 0 Å². The van der Waals surface area contributed by atoms with Gasteiger partial charge in [-0.05, 0) is 24.1 Å². The van der Waals surface area contributed by atoms with Gasteiger partial charge in [0.05, 0.1) is 25.6 Å². The number of hydrogen-bond acceptors (Lipinski definition) is 4. The van der Waals surface area contributed by atoms with E-state index in [-0.39, 0.29) is 11.5 Å². The van der Waals surface area contributed by atoms with Gasteiger partial charge in [-0.25, -0.2) is 4.39 Å². The van der Waals surface area contributed by atoms with Crippen molar-refractivity contribution in [3.63, 3.8) is 0 Å². The molecule has 0 bridgehead atoms. The maximum Gasteiger partial charge on any atom is 0.148 e. The standard InChI is InChI=1S/C16H19FN2O2/c1-20-12-5-3-4-11(8-12)6-7-19-15-10-16(21-2)14(18)9-13(15)17/h3-5,8-10,19H,6-7,18H2,1-2H3. The van der Waals surface area contributed by atoms with Gasteiger partial charge in [0.1, 0.15) is 17.3 Å². The van der Waals surface area contributed by atoms with Crippen molar-refractivity contribution in [2.45, 2.75) is 6.42 Å². The molecule has 3 N–H and O–H groups in total. The summed E-state index contributed by atoms with van der Waals surface area (Å²) >= 11 is 0. The lowest BCUT2D eigenvalue weighted by Gasteiger charge is -2.11. The quantitative estimate of drug-likeness (QED) is 0.803. The Hall–Kier alpha value is -2.43. The third kappa shape index (κ3) is 3.78. The minimum atomic E-state index is -0.390. The van der Waals surface area contributed by atoms with Gasteiger partial charge in [-0.1, -0.05) is 12.1 Å². The van der Waals surface area contributed by atoms with Crippen molar-refractivity contribution in [2.24, 2.45) is 0 Å². The van der Waals surface area contributed by atoms with E-state index < -0.39 is 0 Å². The fourth-order valence-corrected chi connectivity index (χ4v) is 2.05. The molecule has 5 heteroatoms. The van der Waals surface area contributed by atoms with Crippen molar-refractivity contribution < 1.29 is 13.9 Å². The normalized spacial score (nSPS) is 10.2. The summed E-state index contributed by atoms with van der Waals surface area (Å²) in [6, 6.07) is 10.6. The summed E-state index contributed by atoms with van der Waals surface area (Å²) in [7, 11) is 3.14. The van der Waals surface area contributed by atoms with Crippen LogP contribution in [0.15, 0.2) is 36.4 Å². The van der Waals surface area contributed by atoms with Crippen molar-refractivity contribution in [3.8, 4) is 11.5 Å². The Bertz CT molecular complexity index is 617. The second-order valence-electron chi connectivity index (χ2n) is 4.60. The highest BCUT2D eigenvalue weighted by molar-refractivity contribution is 5.62. The molecule has 0 aromatic heterocycles. The number of nitrogen functional groups attached to an aromatic ring is 1. The summed E-state index contributed by atoms with van der Waals surface area (Å²) in [4.78, 5) is 0. The number of nitrogens with two attached hydrogens (primary N) is 1. The highest BCUT2D eigenvalue weighted by Crippen LogP contribution is 2.28. The Morgan fingerprint density at radius 1 is 1.14 bits per heavy atom. The average Bonchev–Trinajstić information content (AvgIpc) is 2.49. The van der Waals surface area contributed by atoms with E-state index in [1.54, 1.807) is 13.2 Å². The zero-order valence-corrected chi connectivity index (χ0v) is 12.2. The van der Waals surface area contributed by atoms with E-state index in [4.69, 9.17) is 15.2 Å². The third-order valence-electron chi connectivity index (χ3n) is 3.18. The van der Waals surface area contributed by atoms with E-state index in [2.05, 4.69) is 5.32 Å². The molecule has 0 aliphatic carbocycles. The SMILES string of the molecule is COc1cccc(CCNc2cc(OC)c(N)cc2F)c1. The van der Waals surface area contributed by atoms with Crippen LogP contribution in [0.3, 0.4) is 0 Å². The second-order valence-corrected chi connectivity index (χ2v) is 4.60. The van der Waals surface area contributed by atoms with Crippen molar-refractivity contribution in [1.29, 1.82) is 0 Å². The Balaban J connectivity index is 2.00. The molecule has 0 radical (unpaired) electrons. The van der Waals surface area contributed by atoms with E-state index in [0.717, 1.165) is 17.7 Å². The molecule has 112 valence electrons. The highest BCUT2D eigenvalue weighted by Gasteiger charge is 2.08. The number of anilines is 2. The van der Waals surface area contributed by atoms with Gasteiger partial charge < -0.3 is 20.5 Å². The van der Waals surface area contributed by atoms with Crippen LogP contribution >= 0.6 is 0 Å². The van der Waals surface area contributed by atoms with Gasteiger partial charge >= 0.3 is 0 Å². The summed E-state index contributed by atoms with van der Waals surface area (Å²) in [5, 5.41) is 3.05. The van der Waals surface area contributed by atoms with Crippen LogP contribution < -0.4 is 20.5 Å². The summed E-state index contributed by atoms with van der Waals surface area (Å²) in [5.41, 5.74) is 7.43. The van der Waals surface area contributed by atoms with Gasteiger partial charge in [-0.3, -0.25) is 0 Å². The molecule has 0 amide bonds. The summed E-state index contributed by atoms with van der Waals surface area (Å²) in [6.45, 7) is 0.594. The molecule has 0 unspecified atom stereocenters. The fourth-order valence-electron chi connectivity index (χ4n) is 2.05. The molecule has 2 aromatic carbocycles. The monoisotopic (exact) mass is 290 g/mol. The molecule has 0 aliphatic heterocycles. The number of nitrogens with one attached hydrogen (secondary N) is 1. The second kappa shape index (κ2) is 6.83. The van der Waals surface area contributed by atoms with Crippen LogP contribution in [0.4, 0.5) is 15.8 Å². The molecule has 0 spiro atoms. The smallest absolute Gasteiger partial charge is 0.148 e. The number of benzene rings is 2. The Morgan fingerprint density at radius 2 is 1.95 bits per heavy atom. The number of hydrogen-bond donors (Lipinski definition) is 2. The first-order valence-corrected chi connectivity index (χ1v) is 6.64. The summed E-state index contributed by atoms with van der Waals surface area (Å²) in [5.74, 6) is 0.882. The molecule has 21 heavy (non-hydrogen) atoms. The maximum absolute atomic E-state index is 13.8. The molecule has 0 heterocycles. The Morgan fingerprint density at radius 3 is 2.67 bits per heavy atom. The molecule has 0 saturated carbocycles. The van der Waals surface area contributed by atoms with Crippen LogP contribution in [0.5, 0.6) is 11.5 Å². The predicted octanol–water partition coefficient (Wildman–Crippen LogP) is 3.08. The summed E-state index contributed by atoms with van der Waals surface area (Å²) < 4.78 is 24.1. The molecule has 0 aliphatic rings. The number of methoxy groups -OCH3 is 2. The lowest BCUT2D eigenvalue weighted by atomic mass is 10.1. The predicted molar refractivity (Wildman–Crippen MR) is 82.6 cm³/mol. The number of halogens is 1. The van der Waals surface area contributed by atoms with Gasteiger partial charge in [-0.15, -0.1) is 0 Å². The van der Waals surface area contributed by atoms with Crippen LogP contribution in [0.2, 0.25) is 0 Å². The van der Waals surface area contributed by atoms with Gasteiger partial charge in [0.25, 0.3) is 0 Å². The molecule has 0 atom stereocenters. The lowest BCUT2D eigenvalue weighted by molar-refractivity contribution is 0.414. The van der Waals surface area contributed by atoms with E-state index in [0.29, 0.717) is 18.0 Å². The van der Waals surface area contributed by atoms with Crippen LogP contribution in [0.25, 0.3) is 0 Å². The van der Waals surface area contributed by atoms with Crippen molar-refractivity contribution in [1.82, 2.24) is 0 Å². The van der Waals surface area contributed by atoms with Gasteiger partial charge in [0, 0.05) is 18.7 Å². The first-order valence-electron chi connectivity index (χ1n) is 6.64. The van der Waals surface area contributed by atoms with Crippen LogP contribution in [0, 0.1) is 5.82 Å². The molecular weight excluding hydrogens is 271 g/mol. The van der Waals surface area contributed by atoms with Crippen LogP contribution in [0.1, 0.15) is 5.56 Å². The van der Waals surface area contributed by atoms with Crippen LogP contribution in [-0.4, -0.2) is 20.8 Å². The van der Waals surface area contributed by atoms with Gasteiger partial charge in [-0.2, -0.15) is 0 Å². The minimum Gasteiger partial charge on any atom is -0.497 e. The fraction of sp³-hybridized carbons (Fsp3) is 0.250. The molecule has 2 aromatic rings. The first kappa shape index (κ1) is 15.0. The molecule has 4 nitrogen and oxygen atoms in total. The Kier molecular flexibility index (Phi) is 4.87. The molecular formula is C16H19FN2O2. The lowest BCUT2D eigenvalue weighted by Crippen LogP contribution is -2.07. The number of ether oxygens (including phenoxy) is 2. The van der Waals surface area contributed by atoms with Crippen molar-refractivity contribution in [2.75, 3.05) is 31.8 Å². The average molecular weight is 290 g/mol. The van der Waals surface area contributed by atoms with Crippen molar-refractivity contribution in [3.05, 3.63) is 47.8 Å². The first-order chi connectivity index (χ1) is 10.1. The topological polar surface area (TPSA) is 56.5 Å². The van der Waals surface area contributed by atoms with Gasteiger partial charge in [0.15, 0.2) is 0 Å². The molecule has 0 fully saturated rings. The zero-order valence-electron chi connectivity index (χ0n) is 12.2. The third-order valence-corrected chi connectivity index (χ3v) is 3.18. The largest absolute Gasteiger partial charge is 0.497 e. The molecule has 2 rings (SSSR count). The van der Waals surface area contributed by atoms with E-state index in [9.17, 15) is 4.39 Å². The van der Waals surface area contributed by atoms with E-state index in [1.807, 2.05) is 24.3 Å². The summed E-state index contributed by atoms with van der Waals surface area (Å²) in [6.07, 6.45) is 0.753. The molecule has 0 saturated heterocycles. The minimum absolute atomic E-state index is 0.286. The Labute approximate surface area is 123 Å². The maximum atomic E-state index is 13.8. The zero-order chi connectivity index (χ0) is 15.2. The van der Waals surface area contributed by atoms with E-state index in [1.165, 1.54) is 13.2 Å². The van der Waals surface area contributed by atoms with Crippen LogP contribution in [-0.2, 0) is 6.42 Å². The highest BCUT2D eigenvalue weighted by atomic mass is 19.1. The van der Waals surface area contributed by atoms with E-state index >= 15 is 0 Å². The number of rotatable bonds is 6. The van der Waals surface area contributed by atoms with Crippen molar-refractivity contribution >= 4 is 11.4 Å².